The fraction of sp³-hybridized carbons (Fsp3) is 0.280. The predicted octanol–water partition coefficient (Wildman–Crippen LogP) is 7.13. The van der Waals surface area contributed by atoms with Crippen molar-refractivity contribution in [3.05, 3.63) is 65.0 Å². The van der Waals surface area contributed by atoms with Crippen LogP contribution in [0.4, 0.5) is 10.2 Å². The van der Waals surface area contributed by atoms with Crippen molar-refractivity contribution in [2.75, 3.05) is 24.5 Å². The molecule has 0 saturated carbocycles. The normalized spacial score (nSPS) is 11.1. The summed E-state index contributed by atoms with van der Waals surface area (Å²) in [7, 11) is 0. The summed E-state index contributed by atoms with van der Waals surface area (Å²) in [6.07, 6.45) is 2.00. The fourth-order valence-electron chi connectivity index (χ4n) is 3.52. The summed E-state index contributed by atoms with van der Waals surface area (Å²) in [4.78, 5) is 11.7. The summed E-state index contributed by atoms with van der Waals surface area (Å²) in [5.41, 5.74) is 3.52. The van der Waals surface area contributed by atoms with Crippen molar-refractivity contribution in [2.45, 2.75) is 31.8 Å². The molecule has 1 N–H and O–H groups in total. The van der Waals surface area contributed by atoms with Crippen molar-refractivity contribution in [3.8, 4) is 16.9 Å². The van der Waals surface area contributed by atoms with Gasteiger partial charge in [-0.05, 0) is 60.4 Å². The minimum absolute atomic E-state index is 0.541. The highest BCUT2D eigenvalue weighted by molar-refractivity contribution is 7.99. The zero-order chi connectivity index (χ0) is 22.3. The summed E-state index contributed by atoms with van der Waals surface area (Å²) < 4.78 is 17.1. The van der Waals surface area contributed by atoms with Crippen molar-refractivity contribution in [1.82, 2.24) is 9.97 Å². The molecule has 2 aromatic heterocycles. The van der Waals surface area contributed by atoms with E-state index in [-0.39, 0.29) is 0 Å². The lowest BCUT2D eigenvalue weighted by Crippen LogP contribution is -2.06. The third-order valence-electron chi connectivity index (χ3n) is 5.07. The van der Waals surface area contributed by atoms with Gasteiger partial charge in [0.2, 0.25) is 6.86 Å². The Hall–Kier alpha value is -2.64. The molecule has 4 nitrogen and oxygen atoms in total. The van der Waals surface area contributed by atoms with E-state index in [2.05, 4.69) is 54.5 Å². The average molecular weight is 468 g/mol. The monoisotopic (exact) mass is 467 g/mol. The Morgan fingerprint density at radius 1 is 1.03 bits per heavy atom. The maximum absolute atomic E-state index is 12.3. The van der Waals surface area contributed by atoms with E-state index in [0.717, 1.165) is 57.5 Å². The molecular formula is C25H26FN3OS2. The number of aryl methyl sites for hydroxylation is 2. The van der Waals surface area contributed by atoms with E-state index in [1.807, 2.05) is 12.1 Å². The van der Waals surface area contributed by atoms with Crippen LogP contribution in [0.25, 0.3) is 21.3 Å². The minimum atomic E-state index is -0.809. The molecule has 0 radical (unpaired) electrons. The van der Waals surface area contributed by atoms with Gasteiger partial charge in [-0.25, -0.2) is 14.4 Å². The molecule has 2 aromatic carbocycles. The smallest absolute Gasteiger partial charge is 0.228 e. The van der Waals surface area contributed by atoms with Gasteiger partial charge in [0.1, 0.15) is 16.4 Å². The first-order valence-electron chi connectivity index (χ1n) is 10.7. The van der Waals surface area contributed by atoms with Crippen molar-refractivity contribution < 1.29 is 9.13 Å². The summed E-state index contributed by atoms with van der Waals surface area (Å²) >= 11 is 3.39. The Morgan fingerprint density at radius 3 is 2.44 bits per heavy atom. The number of nitrogens with one attached hydrogen (secondary N) is 1. The lowest BCUT2D eigenvalue weighted by atomic mass is 10.0. The summed E-state index contributed by atoms with van der Waals surface area (Å²) in [6.45, 7) is 4.27. The van der Waals surface area contributed by atoms with E-state index in [4.69, 9.17) is 9.72 Å². The number of hydrogen-bond donors (Lipinski definition) is 1. The molecule has 4 rings (SSSR count). The van der Waals surface area contributed by atoms with Crippen LogP contribution in [0.15, 0.2) is 59.8 Å². The highest BCUT2D eigenvalue weighted by Gasteiger charge is 2.10. The predicted molar refractivity (Wildman–Crippen MR) is 134 cm³/mol. The lowest BCUT2D eigenvalue weighted by Gasteiger charge is -2.09. The van der Waals surface area contributed by atoms with E-state index in [1.165, 1.54) is 10.4 Å². The number of benzene rings is 2. The molecule has 4 aromatic rings. The van der Waals surface area contributed by atoms with Crippen LogP contribution in [0.2, 0.25) is 0 Å². The highest BCUT2D eigenvalue weighted by Crippen LogP contribution is 2.31. The topological polar surface area (TPSA) is 47.0 Å². The van der Waals surface area contributed by atoms with E-state index in [0.29, 0.717) is 5.75 Å². The zero-order valence-corrected chi connectivity index (χ0v) is 19.9. The molecule has 0 unspecified atom stereocenters. The van der Waals surface area contributed by atoms with Gasteiger partial charge < -0.3 is 10.1 Å². The first-order chi connectivity index (χ1) is 15.7. The number of halogens is 1. The Balaban J connectivity index is 1.34. The van der Waals surface area contributed by atoms with E-state index < -0.39 is 6.86 Å². The number of hydrogen-bond acceptors (Lipinski definition) is 6. The van der Waals surface area contributed by atoms with Gasteiger partial charge in [-0.1, -0.05) is 55.1 Å². The van der Waals surface area contributed by atoms with Gasteiger partial charge in [-0.3, -0.25) is 0 Å². The fourth-order valence-corrected chi connectivity index (χ4v) is 5.03. The van der Waals surface area contributed by atoms with Crippen LogP contribution in [0.1, 0.15) is 23.8 Å². The highest BCUT2D eigenvalue weighted by atomic mass is 32.2. The Kier molecular flexibility index (Phi) is 7.60. The van der Waals surface area contributed by atoms with Crippen LogP contribution in [0.3, 0.4) is 0 Å². The zero-order valence-electron chi connectivity index (χ0n) is 18.2. The third kappa shape index (κ3) is 5.58. The van der Waals surface area contributed by atoms with Gasteiger partial charge in [-0.15, -0.1) is 11.3 Å². The van der Waals surface area contributed by atoms with Crippen LogP contribution in [-0.4, -0.2) is 29.1 Å². The van der Waals surface area contributed by atoms with E-state index in [9.17, 15) is 4.39 Å². The maximum atomic E-state index is 12.3. The van der Waals surface area contributed by atoms with Gasteiger partial charge in [0.25, 0.3) is 0 Å². The Bertz CT molecular complexity index is 1160. The van der Waals surface area contributed by atoms with Crippen LogP contribution >= 0.6 is 23.1 Å². The molecule has 0 saturated heterocycles. The van der Waals surface area contributed by atoms with Crippen molar-refractivity contribution in [2.24, 2.45) is 0 Å². The number of thiophene rings is 1. The van der Waals surface area contributed by atoms with Gasteiger partial charge in [0.15, 0.2) is 5.16 Å². The Labute approximate surface area is 196 Å². The molecule has 2 heterocycles. The van der Waals surface area contributed by atoms with Gasteiger partial charge >= 0.3 is 0 Å². The number of nitrogens with zero attached hydrogens (tertiary/aromatic N) is 2. The van der Waals surface area contributed by atoms with Crippen LogP contribution in [0, 0.1) is 6.92 Å². The molecule has 0 bridgehead atoms. The quantitative estimate of drug-likeness (QED) is 0.153. The number of fused-ring (bicyclic) bond motifs is 1. The van der Waals surface area contributed by atoms with E-state index >= 15 is 0 Å². The Morgan fingerprint density at radius 2 is 1.75 bits per heavy atom. The third-order valence-corrected chi connectivity index (χ3v) is 6.74. The van der Waals surface area contributed by atoms with Gasteiger partial charge in [0, 0.05) is 11.4 Å². The van der Waals surface area contributed by atoms with E-state index in [1.54, 1.807) is 35.2 Å². The molecule has 0 spiro atoms. The van der Waals surface area contributed by atoms with Crippen LogP contribution in [-0.2, 0) is 6.42 Å². The number of rotatable bonds is 10. The standard InChI is InChI=1S/C25H26FN3OS2/c1-3-31-25-28-23(22-15-17(2)32-24(22)29-25)27-14-4-5-18-6-8-19(9-7-18)20-10-12-21(13-11-20)30-16-26/h6-13,15H,3-5,14,16H2,1-2H3,(H,27,28,29). The van der Waals surface area contributed by atoms with Crippen LogP contribution in [0.5, 0.6) is 5.75 Å². The number of alkyl halides is 1. The number of anilines is 1. The molecule has 0 aliphatic carbocycles. The number of aromatic nitrogens is 2. The van der Waals surface area contributed by atoms with Gasteiger partial charge in [-0.2, -0.15) is 0 Å². The maximum Gasteiger partial charge on any atom is 0.228 e. The summed E-state index contributed by atoms with van der Waals surface area (Å²) in [5, 5.41) is 5.48. The number of thioether (sulfide) groups is 1. The minimum Gasteiger partial charge on any atom is -0.463 e. The molecule has 32 heavy (non-hydrogen) atoms. The first kappa shape index (κ1) is 22.6. The molecule has 166 valence electrons. The molecule has 7 heteroatoms. The van der Waals surface area contributed by atoms with Crippen molar-refractivity contribution in [3.63, 3.8) is 0 Å². The summed E-state index contributed by atoms with van der Waals surface area (Å²) in [6, 6.07) is 18.2. The second-order valence-electron chi connectivity index (χ2n) is 7.37. The largest absolute Gasteiger partial charge is 0.463 e. The molecule has 0 amide bonds. The molecular weight excluding hydrogens is 441 g/mol. The molecule has 0 fully saturated rings. The second-order valence-corrected chi connectivity index (χ2v) is 9.83. The lowest BCUT2D eigenvalue weighted by molar-refractivity contribution is 0.192. The van der Waals surface area contributed by atoms with Crippen molar-refractivity contribution >= 4 is 39.1 Å². The number of ether oxygens (including phenoxy) is 1. The average Bonchev–Trinajstić information content (AvgIpc) is 3.18. The summed E-state index contributed by atoms with van der Waals surface area (Å²) in [5.74, 6) is 2.44. The second kappa shape index (κ2) is 10.8. The van der Waals surface area contributed by atoms with Crippen molar-refractivity contribution in [1.29, 1.82) is 0 Å². The first-order valence-corrected chi connectivity index (χ1v) is 12.5. The molecule has 0 aliphatic rings. The van der Waals surface area contributed by atoms with Gasteiger partial charge in [0.05, 0.1) is 5.39 Å². The molecule has 0 aliphatic heterocycles. The van der Waals surface area contributed by atoms with Crippen LogP contribution < -0.4 is 10.1 Å². The SMILES string of the molecule is CCSc1nc(NCCCc2ccc(-c3ccc(OCF)cc3)cc2)c2cc(C)sc2n1. The molecule has 0 atom stereocenters.